The van der Waals surface area contributed by atoms with Crippen LogP contribution in [0, 0.1) is 12.8 Å². The Labute approximate surface area is 137 Å². The van der Waals surface area contributed by atoms with Gasteiger partial charge in [0, 0.05) is 17.7 Å². The van der Waals surface area contributed by atoms with Crippen molar-refractivity contribution in [3.8, 4) is 0 Å². The van der Waals surface area contributed by atoms with Crippen LogP contribution < -0.4 is 5.32 Å². The molecule has 0 unspecified atom stereocenters. The molecule has 1 aromatic rings. The van der Waals surface area contributed by atoms with E-state index in [0.717, 1.165) is 31.2 Å². The Balaban J connectivity index is 1.73. The second-order valence-corrected chi connectivity index (χ2v) is 8.76. The highest BCUT2D eigenvalue weighted by Gasteiger charge is 2.37. The number of hydrogen-bond donors (Lipinski definition) is 1. The number of benzene rings is 1. The summed E-state index contributed by atoms with van der Waals surface area (Å²) in [5, 5.41) is 4.46. The topological polar surface area (TPSA) is 63.2 Å². The molecule has 2 aliphatic rings. The highest BCUT2D eigenvalue weighted by atomic mass is 32.2. The molecule has 3 rings (SSSR count). The Morgan fingerprint density at radius 3 is 2.65 bits per heavy atom. The van der Waals surface area contributed by atoms with Crippen molar-refractivity contribution in [2.24, 2.45) is 5.92 Å². The average molecular weight is 333 g/mol. The van der Waals surface area contributed by atoms with Gasteiger partial charge in [-0.3, -0.25) is 4.79 Å². The van der Waals surface area contributed by atoms with Crippen molar-refractivity contribution in [3.63, 3.8) is 0 Å². The zero-order valence-corrected chi connectivity index (χ0v) is 14.2. The molecule has 1 aliphatic heterocycles. The minimum atomic E-state index is -3.10. The monoisotopic (exact) mass is 333 g/mol. The van der Waals surface area contributed by atoms with Crippen molar-refractivity contribution in [1.82, 2.24) is 5.32 Å². The molecule has 1 aliphatic carbocycles. The van der Waals surface area contributed by atoms with E-state index >= 15 is 0 Å². The minimum Gasteiger partial charge on any atom is -0.347 e. The van der Waals surface area contributed by atoms with Gasteiger partial charge >= 0.3 is 0 Å². The van der Waals surface area contributed by atoms with E-state index in [0.29, 0.717) is 0 Å². The van der Waals surface area contributed by atoms with Crippen LogP contribution >= 0.6 is 0 Å². The lowest BCUT2D eigenvalue weighted by Gasteiger charge is -2.32. The molecule has 1 saturated carbocycles. The molecule has 1 atom stereocenters. The maximum atomic E-state index is 12.5. The SMILES string of the molecule is Cc1cccc(C2(NC(=O)C[C@@H]3C=CS(=O)(=O)C3)CCCC2)c1. The van der Waals surface area contributed by atoms with Crippen LogP contribution in [0.4, 0.5) is 0 Å². The summed E-state index contributed by atoms with van der Waals surface area (Å²) in [5.74, 6) is -0.200. The molecule has 124 valence electrons. The highest BCUT2D eigenvalue weighted by Crippen LogP contribution is 2.39. The molecule has 0 bridgehead atoms. The van der Waals surface area contributed by atoms with Crippen LogP contribution in [0.5, 0.6) is 0 Å². The van der Waals surface area contributed by atoms with E-state index in [9.17, 15) is 13.2 Å². The summed E-state index contributed by atoms with van der Waals surface area (Å²) in [6.07, 6.45) is 5.98. The molecule has 0 radical (unpaired) electrons. The van der Waals surface area contributed by atoms with Crippen LogP contribution in [0.15, 0.2) is 35.7 Å². The van der Waals surface area contributed by atoms with Crippen LogP contribution in [-0.2, 0) is 20.2 Å². The Morgan fingerprint density at radius 2 is 2.04 bits per heavy atom. The number of amides is 1. The molecule has 5 heteroatoms. The average Bonchev–Trinajstić information content (AvgIpc) is 3.06. The van der Waals surface area contributed by atoms with Crippen LogP contribution in [0.25, 0.3) is 0 Å². The van der Waals surface area contributed by atoms with Crippen molar-refractivity contribution in [1.29, 1.82) is 0 Å². The van der Waals surface area contributed by atoms with Crippen molar-refractivity contribution in [3.05, 3.63) is 46.9 Å². The van der Waals surface area contributed by atoms with Gasteiger partial charge in [0.25, 0.3) is 0 Å². The van der Waals surface area contributed by atoms with Gasteiger partial charge in [0.05, 0.1) is 11.3 Å². The van der Waals surface area contributed by atoms with Crippen LogP contribution in [0.2, 0.25) is 0 Å². The molecular weight excluding hydrogens is 310 g/mol. The Kier molecular flexibility index (Phi) is 4.32. The predicted octanol–water partition coefficient (Wildman–Crippen LogP) is 2.83. The standard InChI is InChI=1S/C18H23NO3S/c1-14-5-4-6-16(11-14)18(8-2-3-9-18)19-17(20)12-15-7-10-23(21,22)13-15/h4-7,10-11,15H,2-3,8-9,12-13H2,1H3,(H,19,20)/t15-/m0/s1. The van der Waals surface area contributed by atoms with Gasteiger partial charge in [-0.05, 0) is 25.3 Å². The molecule has 23 heavy (non-hydrogen) atoms. The van der Waals surface area contributed by atoms with E-state index in [1.807, 2.05) is 6.07 Å². The smallest absolute Gasteiger partial charge is 0.221 e. The number of rotatable bonds is 4. The van der Waals surface area contributed by atoms with Gasteiger partial charge in [-0.15, -0.1) is 0 Å². The number of aryl methyl sites for hydroxylation is 1. The number of hydrogen-bond acceptors (Lipinski definition) is 3. The van der Waals surface area contributed by atoms with Crippen molar-refractivity contribution >= 4 is 15.7 Å². The van der Waals surface area contributed by atoms with E-state index < -0.39 is 9.84 Å². The van der Waals surface area contributed by atoms with Gasteiger partial charge in [-0.25, -0.2) is 8.42 Å². The molecular formula is C18H23NO3S. The molecule has 1 amide bonds. The zero-order chi connectivity index (χ0) is 16.5. The molecule has 4 nitrogen and oxygen atoms in total. The normalized spacial score (nSPS) is 24.7. The largest absolute Gasteiger partial charge is 0.347 e. The number of carbonyl (C=O) groups is 1. The Morgan fingerprint density at radius 1 is 1.30 bits per heavy atom. The third kappa shape index (κ3) is 3.66. The molecule has 1 aromatic carbocycles. The summed E-state index contributed by atoms with van der Waals surface area (Å²) in [6, 6.07) is 8.31. The first-order chi connectivity index (χ1) is 10.9. The Bertz CT molecular complexity index is 730. The lowest BCUT2D eigenvalue weighted by molar-refractivity contribution is -0.123. The van der Waals surface area contributed by atoms with Gasteiger partial charge in [0.15, 0.2) is 9.84 Å². The molecule has 0 aromatic heterocycles. The number of carbonyl (C=O) groups excluding carboxylic acids is 1. The number of sulfone groups is 1. The summed E-state index contributed by atoms with van der Waals surface area (Å²) in [6.45, 7) is 2.06. The van der Waals surface area contributed by atoms with Crippen LogP contribution in [0.1, 0.15) is 43.2 Å². The molecule has 1 heterocycles. The van der Waals surface area contributed by atoms with Gasteiger partial charge < -0.3 is 5.32 Å². The van der Waals surface area contributed by atoms with Gasteiger partial charge in [0.1, 0.15) is 0 Å². The highest BCUT2D eigenvalue weighted by molar-refractivity contribution is 7.94. The van der Waals surface area contributed by atoms with Crippen LogP contribution in [-0.4, -0.2) is 20.1 Å². The fraction of sp³-hybridized carbons (Fsp3) is 0.500. The molecule has 0 saturated heterocycles. The summed E-state index contributed by atoms with van der Waals surface area (Å²) in [5.41, 5.74) is 2.07. The van der Waals surface area contributed by atoms with E-state index in [1.54, 1.807) is 6.08 Å². The van der Waals surface area contributed by atoms with E-state index in [1.165, 1.54) is 11.0 Å². The van der Waals surface area contributed by atoms with Crippen LogP contribution in [0.3, 0.4) is 0 Å². The minimum absolute atomic E-state index is 0.0534. The zero-order valence-electron chi connectivity index (χ0n) is 13.4. The van der Waals surface area contributed by atoms with E-state index in [2.05, 4.69) is 30.4 Å². The third-order valence-corrected chi connectivity index (χ3v) is 6.32. The van der Waals surface area contributed by atoms with E-state index in [4.69, 9.17) is 0 Å². The maximum absolute atomic E-state index is 12.5. The first-order valence-corrected chi connectivity index (χ1v) is 9.89. The fourth-order valence-corrected chi connectivity index (χ4v) is 5.13. The van der Waals surface area contributed by atoms with Crippen molar-refractivity contribution in [2.45, 2.75) is 44.6 Å². The summed E-state index contributed by atoms with van der Waals surface area (Å²) in [4.78, 5) is 12.5. The molecule has 1 fully saturated rings. The van der Waals surface area contributed by atoms with Crippen molar-refractivity contribution in [2.75, 3.05) is 5.75 Å². The third-order valence-electron chi connectivity index (χ3n) is 4.86. The maximum Gasteiger partial charge on any atom is 0.221 e. The summed E-state index contributed by atoms with van der Waals surface area (Å²) in [7, 11) is -3.10. The number of allylic oxidation sites excluding steroid dienone is 1. The predicted molar refractivity (Wildman–Crippen MR) is 90.5 cm³/mol. The second-order valence-electron chi connectivity index (χ2n) is 6.83. The fourth-order valence-electron chi connectivity index (χ4n) is 3.73. The van der Waals surface area contributed by atoms with E-state index in [-0.39, 0.29) is 29.5 Å². The summed E-state index contributed by atoms with van der Waals surface area (Å²) >= 11 is 0. The lowest BCUT2D eigenvalue weighted by Crippen LogP contribution is -2.44. The van der Waals surface area contributed by atoms with Gasteiger partial charge in [-0.1, -0.05) is 48.7 Å². The first kappa shape index (κ1) is 16.2. The molecule has 0 spiro atoms. The van der Waals surface area contributed by atoms with Gasteiger partial charge in [0.2, 0.25) is 5.91 Å². The lowest BCUT2D eigenvalue weighted by atomic mass is 9.87. The van der Waals surface area contributed by atoms with Gasteiger partial charge in [-0.2, -0.15) is 0 Å². The Hall–Kier alpha value is -1.62. The quantitative estimate of drug-likeness (QED) is 0.921. The first-order valence-electron chi connectivity index (χ1n) is 8.18. The van der Waals surface area contributed by atoms with Crippen molar-refractivity contribution < 1.29 is 13.2 Å². The number of nitrogens with one attached hydrogen (secondary N) is 1. The second kappa shape index (κ2) is 6.11. The molecule has 1 N–H and O–H groups in total. The summed E-state index contributed by atoms with van der Waals surface area (Å²) < 4.78 is 22.9.